The highest BCUT2D eigenvalue weighted by molar-refractivity contribution is 5.61. The smallest absolute Gasteiger partial charge is 0.125 e. The first-order chi connectivity index (χ1) is 9.69. The van der Waals surface area contributed by atoms with Gasteiger partial charge in [0.2, 0.25) is 0 Å². The van der Waals surface area contributed by atoms with E-state index in [2.05, 4.69) is 23.2 Å². The molecule has 0 aliphatic rings. The number of aliphatic hydroxyl groups excluding tert-OH is 1. The Hall–Kier alpha value is -1.30. The van der Waals surface area contributed by atoms with E-state index in [4.69, 9.17) is 9.47 Å². The molecule has 5 nitrogen and oxygen atoms in total. The summed E-state index contributed by atoms with van der Waals surface area (Å²) in [5.41, 5.74) is 2.17. The summed E-state index contributed by atoms with van der Waals surface area (Å²) >= 11 is 0. The van der Waals surface area contributed by atoms with Gasteiger partial charge in [0.1, 0.15) is 5.75 Å². The summed E-state index contributed by atoms with van der Waals surface area (Å²) in [6.45, 7) is 4.11. The number of aliphatic hydroxyl groups is 1. The highest BCUT2D eigenvalue weighted by Crippen LogP contribution is 2.34. The van der Waals surface area contributed by atoms with E-state index in [0.717, 1.165) is 23.5 Å². The number of ether oxygens (including phenoxy) is 2. The predicted molar refractivity (Wildman–Crippen MR) is 81.6 cm³/mol. The Labute approximate surface area is 121 Å². The number of methoxy groups -OCH3 is 2. The van der Waals surface area contributed by atoms with Crippen molar-refractivity contribution in [3.63, 3.8) is 0 Å². The summed E-state index contributed by atoms with van der Waals surface area (Å²) in [5, 5.41) is 12.5. The molecular formula is C15H26N2O3. The van der Waals surface area contributed by atoms with Gasteiger partial charge in [0.25, 0.3) is 0 Å². The molecule has 0 heterocycles. The minimum atomic E-state index is 0.105. The number of nitrogens with one attached hydrogen (secondary N) is 1. The van der Waals surface area contributed by atoms with E-state index < -0.39 is 0 Å². The highest BCUT2D eigenvalue weighted by atomic mass is 16.5. The largest absolute Gasteiger partial charge is 0.496 e. The number of benzene rings is 1. The van der Waals surface area contributed by atoms with Gasteiger partial charge in [0.15, 0.2) is 0 Å². The van der Waals surface area contributed by atoms with Crippen LogP contribution < -0.4 is 15.0 Å². The molecule has 0 aliphatic heterocycles. The van der Waals surface area contributed by atoms with Crippen molar-refractivity contribution in [3.8, 4) is 5.75 Å². The fraction of sp³-hybridized carbons (Fsp3) is 0.600. The first-order valence-corrected chi connectivity index (χ1v) is 6.88. The van der Waals surface area contributed by atoms with Crippen LogP contribution in [0.1, 0.15) is 18.5 Å². The molecule has 0 saturated carbocycles. The molecule has 0 fully saturated rings. The quantitative estimate of drug-likeness (QED) is 0.717. The van der Waals surface area contributed by atoms with Gasteiger partial charge >= 0.3 is 0 Å². The lowest BCUT2D eigenvalue weighted by atomic mass is 10.0. The SMILES string of the molecule is CNC(C)c1c(OC)cccc1N(CCO)CCOC. The van der Waals surface area contributed by atoms with Crippen molar-refractivity contribution in [2.24, 2.45) is 0 Å². The third kappa shape index (κ3) is 4.10. The number of anilines is 1. The average Bonchev–Trinajstić information content (AvgIpc) is 2.49. The molecule has 0 bridgehead atoms. The normalized spacial score (nSPS) is 12.2. The summed E-state index contributed by atoms with van der Waals surface area (Å²) in [6, 6.07) is 6.14. The van der Waals surface area contributed by atoms with Gasteiger partial charge in [-0.05, 0) is 26.1 Å². The maximum Gasteiger partial charge on any atom is 0.125 e. The van der Waals surface area contributed by atoms with E-state index in [9.17, 15) is 5.11 Å². The molecule has 1 unspecified atom stereocenters. The molecule has 1 rings (SSSR count). The molecule has 5 heteroatoms. The molecule has 0 radical (unpaired) electrons. The first kappa shape index (κ1) is 16.8. The minimum absolute atomic E-state index is 0.105. The Bertz CT molecular complexity index is 399. The molecule has 0 aromatic heterocycles. The van der Waals surface area contributed by atoms with E-state index in [0.29, 0.717) is 13.2 Å². The van der Waals surface area contributed by atoms with Crippen LogP contribution in [0.2, 0.25) is 0 Å². The van der Waals surface area contributed by atoms with Crippen molar-refractivity contribution >= 4 is 5.69 Å². The molecular weight excluding hydrogens is 256 g/mol. The van der Waals surface area contributed by atoms with Gasteiger partial charge in [-0.1, -0.05) is 6.07 Å². The van der Waals surface area contributed by atoms with Crippen molar-refractivity contribution in [3.05, 3.63) is 23.8 Å². The fourth-order valence-corrected chi connectivity index (χ4v) is 2.24. The zero-order valence-electron chi connectivity index (χ0n) is 12.8. The summed E-state index contributed by atoms with van der Waals surface area (Å²) in [7, 11) is 5.28. The molecule has 0 spiro atoms. The van der Waals surface area contributed by atoms with E-state index in [-0.39, 0.29) is 12.6 Å². The third-order valence-corrected chi connectivity index (χ3v) is 3.40. The van der Waals surface area contributed by atoms with Crippen molar-refractivity contribution in [1.82, 2.24) is 5.32 Å². The van der Waals surface area contributed by atoms with Gasteiger partial charge in [-0.3, -0.25) is 0 Å². The number of rotatable bonds is 9. The van der Waals surface area contributed by atoms with Crippen molar-refractivity contribution in [2.75, 3.05) is 52.5 Å². The van der Waals surface area contributed by atoms with E-state index in [1.165, 1.54) is 0 Å². The maximum atomic E-state index is 9.28. The third-order valence-electron chi connectivity index (χ3n) is 3.40. The molecule has 1 atom stereocenters. The molecule has 1 aromatic rings. The Morgan fingerprint density at radius 1 is 1.30 bits per heavy atom. The van der Waals surface area contributed by atoms with Gasteiger partial charge in [0, 0.05) is 37.5 Å². The number of hydrogen-bond donors (Lipinski definition) is 2. The van der Waals surface area contributed by atoms with Gasteiger partial charge in [-0.15, -0.1) is 0 Å². The molecule has 1 aromatic carbocycles. The van der Waals surface area contributed by atoms with Crippen LogP contribution in [0.4, 0.5) is 5.69 Å². The minimum Gasteiger partial charge on any atom is -0.496 e. The second kappa shape index (κ2) is 8.79. The van der Waals surface area contributed by atoms with Gasteiger partial charge < -0.3 is 24.8 Å². The van der Waals surface area contributed by atoms with Crippen LogP contribution in [0.15, 0.2) is 18.2 Å². The lowest BCUT2D eigenvalue weighted by Gasteiger charge is -2.29. The first-order valence-electron chi connectivity index (χ1n) is 6.88. The van der Waals surface area contributed by atoms with Gasteiger partial charge in [-0.25, -0.2) is 0 Å². The van der Waals surface area contributed by atoms with E-state index in [1.807, 2.05) is 19.2 Å². The number of nitrogens with zero attached hydrogens (tertiary/aromatic N) is 1. The summed E-state index contributed by atoms with van der Waals surface area (Å²) < 4.78 is 10.6. The Kier molecular flexibility index (Phi) is 7.36. The van der Waals surface area contributed by atoms with Crippen LogP contribution in [0, 0.1) is 0 Å². The average molecular weight is 282 g/mol. The lowest BCUT2D eigenvalue weighted by molar-refractivity contribution is 0.202. The van der Waals surface area contributed by atoms with Crippen molar-refractivity contribution in [2.45, 2.75) is 13.0 Å². The zero-order chi connectivity index (χ0) is 15.0. The monoisotopic (exact) mass is 282 g/mol. The second-order valence-electron chi connectivity index (χ2n) is 4.61. The van der Waals surface area contributed by atoms with Gasteiger partial charge in [0.05, 0.1) is 20.3 Å². The van der Waals surface area contributed by atoms with E-state index in [1.54, 1.807) is 14.2 Å². The number of hydrogen-bond acceptors (Lipinski definition) is 5. The molecule has 0 aliphatic carbocycles. The molecule has 2 N–H and O–H groups in total. The van der Waals surface area contributed by atoms with Gasteiger partial charge in [-0.2, -0.15) is 0 Å². The summed E-state index contributed by atoms with van der Waals surface area (Å²) in [5.74, 6) is 0.852. The van der Waals surface area contributed by atoms with Crippen LogP contribution in [0.5, 0.6) is 5.75 Å². The second-order valence-corrected chi connectivity index (χ2v) is 4.61. The Morgan fingerprint density at radius 3 is 2.60 bits per heavy atom. The molecule has 114 valence electrons. The summed E-state index contributed by atoms with van der Waals surface area (Å²) in [6.07, 6.45) is 0. The molecule has 0 amide bonds. The van der Waals surface area contributed by atoms with Crippen LogP contribution in [0.3, 0.4) is 0 Å². The van der Waals surface area contributed by atoms with Crippen molar-refractivity contribution in [1.29, 1.82) is 0 Å². The lowest BCUT2D eigenvalue weighted by Crippen LogP contribution is -2.32. The van der Waals surface area contributed by atoms with Crippen LogP contribution in [-0.4, -0.2) is 52.7 Å². The topological polar surface area (TPSA) is 54.0 Å². The van der Waals surface area contributed by atoms with Crippen molar-refractivity contribution < 1.29 is 14.6 Å². The molecule has 20 heavy (non-hydrogen) atoms. The molecule has 0 saturated heterocycles. The van der Waals surface area contributed by atoms with Crippen LogP contribution in [0.25, 0.3) is 0 Å². The fourth-order valence-electron chi connectivity index (χ4n) is 2.24. The standard InChI is InChI=1S/C15H26N2O3/c1-12(16-2)15-13(6-5-7-14(15)20-4)17(8-10-18)9-11-19-3/h5-7,12,16,18H,8-11H2,1-4H3. The predicted octanol–water partition coefficient (Wildman–Crippen LogP) is 1.42. The Balaban J connectivity index is 3.17. The van der Waals surface area contributed by atoms with Crippen LogP contribution >= 0.6 is 0 Å². The maximum absolute atomic E-state index is 9.28. The Morgan fingerprint density at radius 2 is 2.05 bits per heavy atom. The summed E-state index contributed by atoms with van der Waals surface area (Å²) in [4.78, 5) is 2.12. The van der Waals surface area contributed by atoms with Crippen LogP contribution in [-0.2, 0) is 4.74 Å². The highest BCUT2D eigenvalue weighted by Gasteiger charge is 2.18. The van der Waals surface area contributed by atoms with E-state index >= 15 is 0 Å². The zero-order valence-corrected chi connectivity index (χ0v) is 12.8.